The van der Waals surface area contributed by atoms with Gasteiger partial charge >= 0.3 is 0 Å². The first-order chi connectivity index (χ1) is 22.6. The Hall–Kier alpha value is -2.82. The van der Waals surface area contributed by atoms with Crippen molar-refractivity contribution in [2.45, 2.75) is 90.6 Å². The Bertz CT molecular complexity index is 1410. The van der Waals surface area contributed by atoms with Crippen LogP contribution in [0.4, 0.5) is 0 Å². The third kappa shape index (κ3) is 7.15. The molecule has 0 aromatic heterocycles. The van der Waals surface area contributed by atoms with Crippen LogP contribution >= 0.6 is 0 Å². The van der Waals surface area contributed by atoms with Gasteiger partial charge in [0.1, 0.15) is 12.1 Å². The van der Waals surface area contributed by atoms with E-state index in [2.05, 4.69) is 36.3 Å². The van der Waals surface area contributed by atoms with Crippen molar-refractivity contribution in [3.05, 3.63) is 59.7 Å². The molecule has 47 heavy (non-hydrogen) atoms. The molecule has 0 spiro atoms. The van der Waals surface area contributed by atoms with E-state index in [1.807, 2.05) is 48.5 Å². The number of hydrogen-bond donors (Lipinski definition) is 4. The van der Waals surface area contributed by atoms with Gasteiger partial charge in [0, 0.05) is 30.6 Å². The second kappa shape index (κ2) is 14.3. The fourth-order valence-electron chi connectivity index (χ4n) is 8.97. The van der Waals surface area contributed by atoms with Crippen LogP contribution in [-0.4, -0.2) is 89.1 Å². The maximum atomic E-state index is 14.0. The Kier molecular flexibility index (Phi) is 10.4. The summed E-state index contributed by atoms with van der Waals surface area (Å²) < 4.78 is 0. The van der Waals surface area contributed by atoms with E-state index in [1.165, 1.54) is 25.7 Å². The van der Waals surface area contributed by atoms with E-state index >= 15 is 0 Å². The number of amides is 2. The molecule has 256 valence electrons. The maximum Gasteiger partial charge on any atom is 0.251 e. The van der Waals surface area contributed by atoms with E-state index in [0.29, 0.717) is 41.8 Å². The molecule has 4 N–H and O–H groups in total. The summed E-state index contributed by atoms with van der Waals surface area (Å²) in [7, 11) is 0. The fourth-order valence-corrected chi connectivity index (χ4v) is 8.97. The molecule has 5 aliphatic rings. The minimum atomic E-state index is -0.843. The lowest BCUT2D eigenvalue weighted by molar-refractivity contribution is -0.183. The zero-order valence-corrected chi connectivity index (χ0v) is 28.5. The first-order valence-electron chi connectivity index (χ1n) is 17.8. The normalized spacial score (nSPS) is 31.1. The number of benzene rings is 2. The molecule has 2 unspecified atom stereocenters. The van der Waals surface area contributed by atoms with Crippen LogP contribution in [0.25, 0.3) is 11.1 Å². The molecule has 2 heterocycles. The highest BCUT2D eigenvalue weighted by atomic mass is 16.7. The number of nitrogens with zero attached hydrogens (tertiary/aromatic N) is 2. The number of fused-ring (bicyclic) bond motifs is 2. The predicted octanol–water partition coefficient (Wildman–Crippen LogP) is 4.23. The van der Waals surface area contributed by atoms with Crippen molar-refractivity contribution in [2.75, 3.05) is 32.8 Å². The summed E-state index contributed by atoms with van der Waals surface area (Å²) in [4.78, 5) is 35.6. The zero-order valence-electron chi connectivity index (χ0n) is 28.5. The maximum absolute atomic E-state index is 14.0. The number of likely N-dealkylation sites (tertiary alicyclic amines) is 1. The van der Waals surface area contributed by atoms with Gasteiger partial charge in [-0.15, -0.1) is 0 Å². The average molecular weight is 647 g/mol. The molecule has 2 aromatic rings. The Balaban J connectivity index is 1.14. The number of aliphatic hydroxyl groups is 2. The van der Waals surface area contributed by atoms with Gasteiger partial charge in [-0.05, 0) is 104 Å². The molecule has 0 radical (unpaired) electrons. The molecule has 2 aliphatic heterocycles. The van der Waals surface area contributed by atoms with Gasteiger partial charge in [0.05, 0.1) is 19.3 Å². The highest BCUT2D eigenvalue weighted by molar-refractivity contribution is 5.95. The first-order valence-corrected chi connectivity index (χ1v) is 17.8. The molecular weight excluding hydrogens is 592 g/mol. The van der Waals surface area contributed by atoms with Crippen molar-refractivity contribution < 1.29 is 24.6 Å². The second-order valence-corrected chi connectivity index (χ2v) is 15.2. The average Bonchev–Trinajstić information content (AvgIpc) is 3.44. The summed E-state index contributed by atoms with van der Waals surface area (Å²) >= 11 is 0. The molecule has 3 saturated carbocycles. The van der Waals surface area contributed by atoms with Crippen molar-refractivity contribution in [1.29, 1.82) is 0 Å². The summed E-state index contributed by atoms with van der Waals surface area (Å²) in [5, 5.41) is 29.0. The van der Waals surface area contributed by atoms with E-state index in [0.717, 1.165) is 42.7 Å². The van der Waals surface area contributed by atoms with Crippen LogP contribution in [0.1, 0.15) is 75.7 Å². The number of hydroxylamine groups is 2. The third-order valence-corrected chi connectivity index (χ3v) is 11.9. The van der Waals surface area contributed by atoms with Crippen molar-refractivity contribution >= 4 is 11.8 Å². The fraction of sp³-hybridized carbons (Fsp3) is 0.632. The monoisotopic (exact) mass is 646 g/mol. The number of rotatable bonds is 11. The lowest BCUT2D eigenvalue weighted by Crippen LogP contribution is -2.62. The lowest BCUT2D eigenvalue weighted by atomic mass is 9.45. The minimum Gasteiger partial charge on any atom is -0.394 e. The van der Waals surface area contributed by atoms with Gasteiger partial charge in [0.15, 0.2) is 0 Å². The van der Waals surface area contributed by atoms with Crippen molar-refractivity contribution in [3.63, 3.8) is 0 Å². The third-order valence-electron chi connectivity index (χ3n) is 11.9. The van der Waals surface area contributed by atoms with Gasteiger partial charge < -0.3 is 25.7 Å². The lowest BCUT2D eigenvalue weighted by Gasteiger charge is -2.62. The smallest absolute Gasteiger partial charge is 0.251 e. The van der Waals surface area contributed by atoms with E-state index in [9.17, 15) is 19.8 Å². The van der Waals surface area contributed by atoms with Crippen LogP contribution in [-0.2, 0) is 16.2 Å². The van der Waals surface area contributed by atoms with Crippen molar-refractivity contribution in [3.8, 4) is 11.1 Å². The van der Waals surface area contributed by atoms with E-state index in [-0.39, 0.29) is 24.5 Å². The predicted molar refractivity (Wildman–Crippen MR) is 182 cm³/mol. The topological polar surface area (TPSA) is 114 Å². The van der Waals surface area contributed by atoms with Crippen LogP contribution < -0.4 is 10.6 Å². The van der Waals surface area contributed by atoms with Crippen LogP contribution in [0, 0.1) is 29.1 Å². The van der Waals surface area contributed by atoms with Gasteiger partial charge in [-0.3, -0.25) is 14.4 Å². The molecule has 7 rings (SSSR count). The van der Waals surface area contributed by atoms with E-state index in [1.54, 1.807) is 12.0 Å². The zero-order chi connectivity index (χ0) is 33.3. The Morgan fingerprint density at radius 2 is 1.77 bits per heavy atom. The van der Waals surface area contributed by atoms with Gasteiger partial charge in [0.2, 0.25) is 5.91 Å². The Labute approximate surface area is 280 Å². The van der Waals surface area contributed by atoms with Crippen LogP contribution in [0.5, 0.6) is 0 Å². The molecule has 8 atom stereocenters. The van der Waals surface area contributed by atoms with Crippen LogP contribution in [0.2, 0.25) is 0 Å². The van der Waals surface area contributed by atoms with Crippen molar-refractivity contribution in [1.82, 2.24) is 20.6 Å². The van der Waals surface area contributed by atoms with E-state index in [4.69, 9.17) is 4.84 Å². The summed E-state index contributed by atoms with van der Waals surface area (Å²) in [6.07, 6.45) is 4.42. The largest absolute Gasteiger partial charge is 0.394 e. The second-order valence-electron chi connectivity index (χ2n) is 15.2. The first kappa shape index (κ1) is 34.1. The number of carbonyl (C=O) groups excluding carboxylic acids is 2. The SMILES string of the molecule is C[C@H](O)[C@@H]1[C@H](CO)ON(Cc2cccc(-c3cccc(C(=O)NCCN4CCCCC4)c3)c2)[C@@H]1C(=O)N[C@H]1CC2CC([C@H]1C)C2(C)C. The number of nitrogens with one attached hydrogen (secondary N) is 2. The minimum absolute atomic E-state index is 0.0771. The highest BCUT2D eigenvalue weighted by Crippen LogP contribution is 2.61. The van der Waals surface area contributed by atoms with Crippen LogP contribution in [0.15, 0.2) is 48.5 Å². The van der Waals surface area contributed by atoms with Gasteiger partial charge in [-0.2, -0.15) is 5.06 Å². The molecule has 9 nitrogen and oxygen atoms in total. The molecule has 3 aliphatic carbocycles. The number of piperidine rings is 1. The van der Waals surface area contributed by atoms with Crippen LogP contribution in [0.3, 0.4) is 0 Å². The van der Waals surface area contributed by atoms with E-state index < -0.39 is 24.2 Å². The molecule has 2 aromatic carbocycles. The molecule has 5 fully saturated rings. The Morgan fingerprint density at radius 1 is 1.04 bits per heavy atom. The molecule has 9 heteroatoms. The standard InChI is InChI=1S/C38H54N4O5/c1-24-31-20-30(38(31,3)4)21-32(24)40-37(46)35-34(25(2)44)33(23-43)47-42(35)22-26-10-8-11-27(18-26)28-12-9-13-29(19-28)36(45)39-14-17-41-15-6-5-7-16-41/h8-13,18-19,24-25,30-35,43-44H,5-7,14-17,20-23H2,1-4H3,(H,39,45)(H,40,46)/t24-,25+,30?,31?,32+,33+,34-,35+/m1/s1. The quantitative estimate of drug-likeness (QED) is 0.289. The highest BCUT2D eigenvalue weighted by Gasteiger charge is 2.57. The number of hydrogen-bond acceptors (Lipinski definition) is 7. The van der Waals surface area contributed by atoms with Crippen molar-refractivity contribution in [2.24, 2.45) is 29.1 Å². The number of carbonyl (C=O) groups is 2. The summed E-state index contributed by atoms with van der Waals surface area (Å²) in [6.45, 7) is 12.3. The summed E-state index contributed by atoms with van der Waals surface area (Å²) in [5.74, 6) is 0.766. The van der Waals surface area contributed by atoms with Gasteiger partial charge in [-0.1, -0.05) is 57.5 Å². The molecule has 2 saturated heterocycles. The Morgan fingerprint density at radius 3 is 2.45 bits per heavy atom. The number of aliphatic hydroxyl groups excluding tert-OH is 2. The molecular formula is C38H54N4O5. The van der Waals surface area contributed by atoms with Gasteiger partial charge in [-0.25, -0.2) is 0 Å². The summed E-state index contributed by atoms with van der Waals surface area (Å²) in [6, 6.07) is 15.0. The molecule has 2 bridgehead atoms. The molecule has 2 amide bonds. The summed E-state index contributed by atoms with van der Waals surface area (Å²) in [5.41, 5.74) is 3.74. The van der Waals surface area contributed by atoms with Gasteiger partial charge in [0.25, 0.3) is 5.91 Å².